The predicted octanol–water partition coefficient (Wildman–Crippen LogP) is 2.91. The maximum atomic E-state index is 12.5. The molecule has 0 saturated carbocycles. The van der Waals surface area contributed by atoms with Crippen LogP contribution in [-0.2, 0) is 4.79 Å². The molecular formula is C18H26N4OS. The number of imidazole rings is 1. The van der Waals surface area contributed by atoms with E-state index in [4.69, 9.17) is 0 Å². The summed E-state index contributed by atoms with van der Waals surface area (Å²) in [4.78, 5) is 24.9. The van der Waals surface area contributed by atoms with Crippen LogP contribution in [0.5, 0.6) is 0 Å². The van der Waals surface area contributed by atoms with Crippen molar-refractivity contribution in [2.75, 3.05) is 38.5 Å². The quantitative estimate of drug-likeness (QED) is 0.904. The van der Waals surface area contributed by atoms with Gasteiger partial charge in [-0.1, -0.05) is 19.1 Å². The average Bonchev–Trinajstić information content (AvgIpc) is 2.89. The van der Waals surface area contributed by atoms with Gasteiger partial charge in [0.2, 0.25) is 5.91 Å². The third-order valence-corrected chi connectivity index (χ3v) is 5.77. The van der Waals surface area contributed by atoms with Crippen LogP contribution in [0.2, 0.25) is 0 Å². The smallest absolute Gasteiger partial charge is 0.232 e. The minimum atomic E-state index is 0.181. The molecule has 2 heterocycles. The topological polar surface area (TPSA) is 52.2 Å². The first-order valence-corrected chi connectivity index (χ1v) is 9.78. The Bertz CT molecular complexity index is 653. The van der Waals surface area contributed by atoms with Crippen molar-refractivity contribution in [3.05, 3.63) is 30.1 Å². The fraction of sp³-hybridized carbons (Fsp3) is 0.556. The van der Waals surface area contributed by atoms with E-state index in [1.54, 1.807) is 11.8 Å². The van der Waals surface area contributed by atoms with Gasteiger partial charge in [-0.15, -0.1) is 11.8 Å². The number of nitrogens with zero attached hydrogens (tertiary/aromatic N) is 3. The van der Waals surface area contributed by atoms with Crippen molar-refractivity contribution in [2.45, 2.75) is 25.5 Å². The molecule has 1 amide bonds. The number of amides is 1. The van der Waals surface area contributed by atoms with Crippen LogP contribution in [0.3, 0.4) is 0 Å². The lowest BCUT2D eigenvalue weighted by Crippen LogP contribution is -2.36. The van der Waals surface area contributed by atoms with Crippen LogP contribution in [0, 0.1) is 0 Å². The molecule has 1 saturated heterocycles. The van der Waals surface area contributed by atoms with Crippen molar-refractivity contribution < 1.29 is 4.79 Å². The molecule has 1 aromatic heterocycles. The van der Waals surface area contributed by atoms with Crippen LogP contribution in [-0.4, -0.2) is 64.2 Å². The largest absolute Gasteiger partial charge is 0.341 e. The summed E-state index contributed by atoms with van der Waals surface area (Å²) in [5.74, 6) is 1.72. The molecule has 0 spiro atoms. The van der Waals surface area contributed by atoms with Gasteiger partial charge in [0.1, 0.15) is 5.82 Å². The van der Waals surface area contributed by atoms with E-state index in [-0.39, 0.29) is 11.2 Å². The van der Waals surface area contributed by atoms with E-state index in [9.17, 15) is 4.79 Å². The Labute approximate surface area is 147 Å². The van der Waals surface area contributed by atoms with E-state index in [2.05, 4.69) is 28.7 Å². The number of carbonyl (C=O) groups is 1. The molecule has 3 rings (SSSR count). The van der Waals surface area contributed by atoms with Crippen LogP contribution in [0.4, 0.5) is 0 Å². The molecular weight excluding hydrogens is 320 g/mol. The minimum Gasteiger partial charge on any atom is -0.341 e. The summed E-state index contributed by atoms with van der Waals surface area (Å²) < 4.78 is 0. The summed E-state index contributed by atoms with van der Waals surface area (Å²) in [6.07, 6.45) is 1.07. The van der Waals surface area contributed by atoms with Crippen LogP contribution in [0.25, 0.3) is 11.0 Å². The summed E-state index contributed by atoms with van der Waals surface area (Å²) in [5.41, 5.74) is 2.04. The Morgan fingerprint density at radius 3 is 2.92 bits per heavy atom. The summed E-state index contributed by atoms with van der Waals surface area (Å²) in [6.45, 7) is 9.19. The number of benzene rings is 1. The number of nitrogens with one attached hydrogen (secondary N) is 1. The number of aromatic nitrogens is 2. The summed E-state index contributed by atoms with van der Waals surface area (Å²) in [7, 11) is 0. The highest BCUT2D eigenvalue weighted by Gasteiger charge is 2.20. The fourth-order valence-electron chi connectivity index (χ4n) is 3.07. The zero-order valence-corrected chi connectivity index (χ0v) is 15.3. The molecule has 1 fully saturated rings. The molecule has 1 N–H and O–H groups in total. The van der Waals surface area contributed by atoms with Gasteiger partial charge in [-0.3, -0.25) is 4.79 Å². The van der Waals surface area contributed by atoms with Crippen LogP contribution in [0.1, 0.15) is 31.3 Å². The number of thioether (sulfide) groups is 1. The predicted molar refractivity (Wildman–Crippen MR) is 100 cm³/mol. The monoisotopic (exact) mass is 346 g/mol. The van der Waals surface area contributed by atoms with E-state index < -0.39 is 0 Å². The molecule has 1 aliphatic heterocycles. The highest BCUT2D eigenvalue weighted by atomic mass is 32.2. The molecule has 1 atom stereocenters. The standard InChI is InChI=1S/C18H26N4OS/c1-3-21-9-6-10-22(12-11-21)17(23)13-24-14(2)18-19-15-7-4-5-8-16(15)20-18/h4-5,7-8,14H,3,6,9-13H2,1-2H3,(H,19,20)/t14-/m0/s1. The second-order valence-electron chi connectivity index (χ2n) is 6.26. The first-order chi connectivity index (χ1) is 11.7. The summed E-state index contributed by atoms with van der Waals surface area (Å²) in [5, 5.41) is 0.181. The summed E-state index contributed by atoms with van der Waals surface area (Å²) in [6, 6.07) is 8.04. The van der Waals surface area contributed by atoms with Gasteiger partial charge in [-0.25, -0.2) is 4.98 Å². The molecule has 130 valence electrons. The fourth-order valence-corrected chi connectivity index (χ4v) is 3.91. The van der Waals surface area contributed by atoms with Crippen LogP contribution < -0.4 is 0 Å². The molecule has 2 aromatic rings. The maximum absolute atomic E-state index is 12.5. The van der Waals surface area contributed by atoms with Gasteiger partial charge in [0.15, 0.2) is 0 Å². The van der Waals surface area contributed by atoms with Crippen molar-refractivity contribution in [3.63, 3.8) is 0 Å². The second kappa shape index (κ2) is 8.03. The number of aromatic amines is 1. The van der Waals surface area contributed by atoms with Crippen molar-refractivity contribution in [1.29, 1.82) is 0 Å². The summed E-state index contributed by atoms with van der Waals surface area (Å²) >= 11 is 1.66. The Kier molecular flexibility index (Phi) is 5.79. The third kappa shape index (κ3) is 4.11. The molecule has 1 aromatic carbocycles. The third-order valence-electron chi connectivity index (χ3n) is 4.64. The molecule has 0 aliphatic carbocycles. The number of para-hydroxylation sites is 2. The Morgan fingerprint density at radius 2 is 2.12 bits per heavy atom. The van der Waals surface area contributed by atoms with Crippen molar-refractivity contribution >= 4 is 28.7 Å². The van der Waals surface area contributed by atoms with Gasteiger partial charge < -0.3 is 14.8 Å². The van der Waals surface area contributed by atoms with Gasteiger partial charge >= 0.3 is 0 Å². The molecule has 0 bridgehead atoms. The lowest BCUT2D eigenvalue weighted by atomic mass is 10.3. The highest BCUT2D eigenvalue weighted by Crippen LogP contribution is 2.28. The van der Waals surface area contributed by atoms with Crippen molar-refractivity contribution in [1.82, 2.24) is 19.8 Å². The Morgan fingerprint density at radius 1 is 1.29 bits per heavy atom. The molecule has 0 unspecified atom stereocenters. The number of hydrogen-bond donors (Lipinski definition) is 1. The van der Waals surface area contributed by atoms with Crippen LogP contribution in [0.15, 0.2) is 24.3 Å². The normalized spacial score (nSPS) is 17.8. The molecule has 5 nitrogen and oxygen atoms in total. The lowest BCUT2D eigenvalue weighted by Gasteiger charge is -2.21. The molecule has 0 radical (unpaired) electrons. The molecule has 6 heteroatoms. The number of fused-ring (bicyclic) bond motifs is 1. The van der Waals surface area contributed by atoms with Crippen LogP contribution >= 0.6 is 11.8 Å². The highest BCUT2D eigenvalue weighted by molar-refractivity contribution is 8.00. The Balaban J connectivity index is 1.53. The first kappa shape index (κ1) is 17.3. The zero-order valence-electron chi connectivity index (χ0n) is 14.5. The average molecular weight is 347 g/mol. The van der Waals surface area contributed by atoms with E-state index in [1.807, 2.05) is 29.2 Å². The second-order valence-corrected chi connectivity index (χ2v) is 7.59. The van der Waals surface area contributed by atoms with E-state index >= 15 is 0 Å². The number of rotatable bonds is 5. The Hall–Kier alpha value is -1.53. The zero-order chi connectivity index (χ0) is 16.9. The first-order valence-electron chi connectivity index (χ1n) is 8.73. The number of hydrogen-bond acceptors (Lipinski definition) is 4. The number of H-pyrrole nitrogens is 1. The van der Waals surface area contributed by atoms with Crippen molar-refractivity contribution in [3.8, 4) is 0 Å². The van der Waals surface area contributed by atoms with Gasteiger partial charge in [-0.05, 0) is 38.6 Å². The molecule has 24 heavy (non-hydrogen) atoms. The number of carbonyl (C=O) groups excluding carboxylic acids is 1. The van der Waals surface area contributed by atoms with E-state index in [0.29, 0.717) is 5.75 Å². The van der Waals surface area contributed by atoms with Gasteiger partial charge in [-0.2, -0.15) is 0 Å². The van der Waals surface area contributed by atoms with Gasteiger partial charge in [0, 0.05) is 19.6 Å². The van der Waals surface area contributed by atoms with Crippen molar-refractivity contribution in [2.24, 2.45) is 0 Å². The lowest BCUT2D eigenvalue weighted by molar-refractivity contribution is -0.128. The van der Waals surface area contributed by atoms with Gasteiger partial charge in [0.05, 0.1) is 22.0 Å². The maximum Gasteiger partial charge on any atom is 0.232 e. The SMILES string of the molecule is CCN1CCCN(C(=O)CS[C@@H](C)c2nc3ccccc3[nH]2)CC1. The van der Waals surface area contributed by atoms with E-state index in [1.165, 1.54) is 0 Å². The van der Waals surface area contributed by atoms with Gasteiger partial charge in [0.25, 0.3) is 0 Å². The number of likely N-dealkylation sites (N-methyl/N-ethyl adjacent to an activating group) is 1. The molecule has 1 aliphatic rings. The van der Waals surface area contributed by atoms with E-state index in [0.717, 1.165) is 56.0 Å². The minimum absolute atomic E-state index is 0.181.